The molecule has 1 atom stereocenters. The van der Waals surface area contributed by atoms with Crippen molar-refractivity contribution < 1.29 is 31.2 Å². The Morgan fingerprint density at radius 2 is 1.41 bits per heavy atom. The highest BCUT2D eigenvalue weighted by molar-refractivity contribution is 7.92. The van der Waals surface area contributed by atoms with Crippen LogP contribution >= 0.6 is 0 Å². The first-order chi connectivity index (χ1) is 20.9. The van der Waals surface area contributed by atoms with Crippen molar-refractivity contribution in [2.24, 2.45) is 0 Å². The molecule has 0 heterocycles. The van der Waals surface area contributed by atoms with E-state index in [1.165, 1.54) is 30.1 Å². The number of hydrogen-bond donors (Lipinski definition) is 1. The van der Waals surface area contributed by atoms with Gasteiger partial charge in [0.2, 0.25) is 11.8 Å². The van der Waals surface area contributed by atoms with Crippen molar-refractivity contribution in [1.82, 2.24) is 10.2 Å². The molecule has 11 heteroatoms. The Morgan fingerprint density at radius 3 is 1.98 bits per heavy atom. The fourth-order valence-electron chi connectivity index (χ4n) is 4.70. The molecule has 2 amide bonds. The summed E-state index contributed by atoms with van der Waals surface area (Å²) in [5, 5.41) is 2.59. The van der Waals surface area contributed by atoms with Crippen LogP contribution in [0.2, 0.25) is 0 Å². The number of anilines is 1. The van der Waals surface area contributed by atoms with Crippen molar-refractivity contribution in [1.29, 1.82) is 0 Å². The Bertz CT molecular complexity index is 1680. The van der Waals surface area contributed by atoms with Crippen LogP contribution in [-0.4, -0.2) is 44.8 Å². The standard InChI is InChI=1S/C33H32F3N3O4S/c1-24-16-18-29(19-17-24)44(42,43)39(28-15-9-14-27(21-28)33(34,35)36)23-31(40)38(22-26-12-7-4-8-13-26)30(32(41)37-2)20-25-10-5-3-6-11-25/h3-19,21,30H,20,22-23H2,1-2H3,(H,37,41)/t30-/m1/s1. The van der Waals surface area contributed by atoms with Crippen LogP contribution < -0.4 is 9.62 Å². The van der Waals surface area contributed by atoms with Crippen molar-refractivity contribution in [2.75, 3.05) is 17.9 Å². The van der Waals surface area contributed by atoms with E-state index in [4.69, 9.17) is 0 Å². The van der Waals surface area contributed by atoms with Crippen LogP contribution in [0.3, 0.4) is 0 Å². The molecule has 4 rings (SSSR count). The van der Waals surface area contributed by atoms with Gasteiger partial charge < -0.3 is 10.2 Å². The van der Waals surface area contributed by atoms with E-state index in [1.54, 1.807) is 73.7 Å². The number of carbonyl (C=O) groups excluding carboxylic acids is 2. The lowest BCUT2D eigenvalue weighted by molar-refractivity contribution is -0.139. The third-order valence-corrected chi connectivity index (χ3v) is 8.85. The van der Waals surface area contributed by atoms with E-state index in [0.717, 1.165) is 23.3 Å². The molecule has 0 aromatic heterocycles. The molecular weight excluding hydrogens is 591 g/mol. The molecule has 230 valence electrons. The van der Waals surface area contributed by atoms with E-state index >= 15 is 0 Å². The Morgan fingerprint density at radius 1 is 0.818 bits per heavy atom. The van der Waals surface area contributed by atoms with Gasteiger partial charge in [-0.3, -0.25) is 13.9 Å². The highest BCUT2D eigenvalue weighted by Gasteiger charge is 2.36. The highest BCUT2D eigenvalue weighted by atomic mass is 32.2. The molecule has 44 heavy (non-hydrogen) atoms. The Hall–Kier alpha value is -4.64. The van der Waals surface area contributed by atoms with Crippen molar-refractivity contribution >= 4 is 27.5 Å². The zero-order valence-corrected chi connectivity index (χ0v) is 25.0. The second kappa shape index (κ2) is 13.8. The summed E-state index contributed by atoms with van der Waals surface area (Å²) in [6, 6.07) is 26.4. The molecule has 0 radical (unpaired) electrons. The van der Waals surface area contributed by atoms with E-state index in [2.05, 4.69) is 5.32 Å². The number of nitrogens with zero attached hydrogens (tertiary/aromatic N) is 2. The van der Waals surface area contributed by atoms with Gasteiger partial charge in [-0.05, 0) is 48.4 Å². The summed E-state index contributed by atoms with van der Waals surface area (Å²) in [6.45, 7) is 0.857. The van der Waals surface area contributed by atoms with Gasteiger partial charge in [0.15, 0.2) is 0 Å². The first-order valence-electron chi connectivity index (χ1n) is 13.8. The summed E-state index contributed by atoms with van der Waals surface area (Å²) in [5.41, 5.74) is 0.797. The SMILES string of the molecule is CNC(=O)[C@@H](Cc1ccccc1)N(Cc1ccccc1)C(=O)CN(c1cccc(C(F)(F)F)c1)S(=O)(=O)c1ccc(C)cc1. The molecule has 0 fully saturated rings. The van der Waals surface area contributed by atoms with Crippen LogP contribution in [0.5, 0.6) is 0 Å². The summed E-state index contributed by atoms with van der Waals surface area (Å²) in [5.74, 6) is -1.25. The number of likely N-dealkylation sites (N-methyl/N-ethyl adjacent to an activating group) is 1. The minimum absolute atomic E-state index is 0.0500. The van der Waals surface area contributed by atoms with Gasteiger partial charge >= 0.3 is 6.18 Å². The maximum absolute atomic E-state index is 14.2. The number of halogens is 3. The molecule has 4 aromatic rings. The van der Waals surface area contributed by atoms with Crippen LogP contribution in [0.1, 0.15) is 22.3 Å². The summed E-state index contributed by atoms with van der Waals surface area (Å²) < 4.78 is 69.6. The van der Waals surface area contributed by atoms with Gasteiger partial charge in [0.25, 0.3) is 10.0 Å². The molecule has 0 aliphatic carbocycles. The predicted molar refractivity (Wildman–Crippen MR) is 162 cm³/mol. The number of carbonyl (C=O) groups is 2. The molecule has 1 N–H and O–H groups in total. The van der Waals surface area contributed by atoms with Gasteiger partial charge in [-0.2, -0.15) is 13.2 Å². The lowest BCUT2D eigenvalue weighted by atomic mass is 10.0. The number of amides is 2. The molecule has 0 saturated carbocycles. The highest BCUT2D eigenvalue weighted by Crippen LogP contribution is 2.33. The van der Waals surface area contributed by atoms with E-state index in [-0.39, 0.29) is 23.5 Å². The van der Waals surface area contributed by atoms with Gasteiger partial charge in [0.05, 0.1) is 16.1 Å². The zero-order chi connectivity index (χ0) is 31.9. The summed E-state index contributed by atoms with van der Waals surface area (Å²) in [4.78, 5) is 28.5. The van der Waals surface area contributed by atoms with Gasteiger partial charge in [0, 0.05) is 20.0 Å². The molecule has 0 aliphatic rings. The molecule has 0 spiro atoms. The number of hydrogen-bond acceptors (Lipinski definition) is 4. The number of sulfonamides is 1. The van der Waals surface area contributed by atoms with Gasteiger partial charge in [-0.15, -0.1) is 0 Å². The molecule has 7 nitrogen and oxygen atoms in total. The van der Waals surface area contributed by atoms with Crippen molar-refractivity contribution in [3.05, 3.63) is 131 Å². The van der Waals surface area contributed by atoms with E-state index in [1.807, 2.05) is 6.07 Å². The number of alkyl halides is 3. The van der Waals surface area contributed by atoms with Gasteiger partial charge in [-0.1, -0.05) is 84.4 Å². The molecule has 0 bridgehead atoms. The van der Waals surface area contributed by atoms with Crippen molar-refractivity contribution in [3.8, 4) is 0 Å². The largest absolute Gasteiger partial charge is 0.416 e. The van der Waals surface area contributed by atoms with Crippen molar-refractivity contribution in [3.63, 3.8) is 0 Å². The van der Waals surface area contributed by atoms with E-state index in [0.29, 0.717) is 15.9 Å². The van der Waals surface area contributed by atoms with Crippen LogP contribution in [0.25, 0.3) is 0 Å². The average molecular weight is 624 g/mol. The zero-order valence-electron chi connectivity index (χ0n) is 24.2. The number of benzene rings is 4. The summed E-state index contributed by atoms with van der Waals surface area (Å²) in [7, 11) is -3.09. The number of rotatable bonds is 11. The van der Waals surface area contributed by atoms with E-state index in [9.17, 15) is 31.2 Å². The van der Waals surface area contributed by atoms with Gasteiger partial charge in [0.1, 0.15) is 12.6 Å². The number of aryl methyl sites for hydroxylation is 1. The molecule has 0 unspecified atom stereocenters. The third-order valence-electron chi connectivity index (χ3n) is 7.06. The quantitative estimate of drug-likeness (QED) is 0.236. The monoisotopic (exact) mass is 623 g/mol. The number of nitrogens with one attached hydrogen (secondary N) is 1. The van der Waals surface area contributed by atoms with Crippen LogP contribution in [0, 0.1) is 6.92 Å². The maximum Gasteiger partial charge on any atom is 0.416 e. The lowest BCUT2D eigenvalue weighted by Gasteiger charge is -2.33. The Labute approximate surface area is 255 Å². The molecular formula is C33H32F3N3O4S. The Kier molecular flexibility index (Phi) is 10.1. The molecule has 4 aromatic carbocycles. The third kappa shape index (κ3) is 7.84. The second-order valence-corrected chi connectivity index (χ2v) is 12.1. The van der Waals surface area contributed by atoms with Gasteiger partial charge in [-0.25, -0.2) is 8.42 Å². The second-order valence-electron chi connectivity index (χ2n) is 10.2. The fraction of sp³-hybridized carbons (Fsp3) is 0.212. The normalized spacial score (nSPS) is 12.3. The average Bonchev–Trinajstić information content (AvgIpc) is 3.02. The molecule has 0 aliphatic heterocycles. The smallest absolute Gasteiger partial charge is 0.357 e. The van der Waals surface area contributed by atoms with E-state index < -0.39 is 46.2 Å². The molecule has 0 saturated heterocycles. The van der Waals surface area contributed by atoms with Crippen molar-refractivity contribution in [2.45, 2.75) is 37.0 Å². The maximum atomic E-state index is 14.2. The first-order valence-corrected chi connectivity index (χ1v) is 15.2. The lowest BCUT2D eigenvalue weighted by Crippen LogP contribution is -2.53. The van der Waals surface area contributed by atoms with Crippen LogP contribution in [0.15, 0.2) is 114 Å². The minimum Gasteiger partial charge on any atom is -0.357 e. The predicted octanol–water partition coefficient (Wildman–Crippen LogP) is 5.60. The first kappa shape index (κ1) is 32.3. The topological polar surface area (TPSA) is 86.8 Å². The minimum atomic E-state index is -4.75. The van der Waals surface area contributed by atoms with Crippen LogP contribution in [-0.2, 0) is 38.8 Å². The Balaban J connectivity index is 1.82. The summed E-state index contributed by atoms with van der Waals surface area (Å²) >= 11 is 0. The van der Waals surface area contributed by atoms with Crippen LogP contribution in [0.4, 0.5) is 18.9 Å². The summed E-state index contributed by atoms with van der Waals surface area (Å²) in [6.07, 6.45) is -4.63. The fourth-order valence-corrected chi connectivity index (χ4v) is 6.11.